The summed E-state index contributed by atoms with van der Waals surface area (Å²) in [4.78, 5) is 2.37. The highest BCUT2D eigenvalue weighted by Crippen LogP contribution is 2.58. The lowest BCUT2D eigenvalue weighted by Crippen LogP contribution is -2.29. The summed E-state index contributed by atoms with van der Waals surface area (Å²) in [7, 11) is 0. The second-order valence-corrected chi connectivity index (χ2v) is 29.2. The summed E-state index contributed by atoms with van der Waals surface area (Å²) in [5.74, 6) is 0.458. The fourth-order valence-corrected chi connectivity index (χ4v) is 18.2. The summed E-state index contributed by atoms with van der Waals surface area (Å²) in [6.45, 7) is 4.00. The van der Waals surface area contributed by atoms with Crippen LogP contribution in [0, 0.1) is 0 Å². The average molecular weight is 1480 g/mol. The van der Waals surface area contributed by atoms with Crippen molar-refractivity contribution in [3.05, 3.63) is 455 Å². The molecule has 528 valence electrons. The zero-order valence-corrected chi connectivity index (χ0v) is 62.0. The minimum atomic E-state index is -0.508. The Kier molecular flexibility index (Phi) is 18.1. The molecule has 0 amide bonds. The largest absolute Gasteiger partial charge is 0.456 e. The first kappa shape index (κ1) is 68.7. The number of fused-ring (bicyclic) bond motifs is 6. The number of allylic oxidation sites excluding steroid dienone is 3. The van der Waals surface area contributed by atoms with Gasteiger partial charge in [-0.15, -0.1) is 0 Å². The number of para-hydroxylation sites is 2. The van der Waals surface area contributed by atoms with Crippen LogP contribution in [0.1, 0.15) is 83.7 Å². The molecule has 19 aromatic rings. The summed E-state index contributed by atoms with van der Waals surface area (Å²) in [6.07, 6.45) is 7.72. The summed E-state index contributed by atoms with van der Waals surface area (Å²) in [5, 5.41) is 18.7. The average Bonchev–Trinajstić information content (AvgIpc) is 1.53. The van der Waals surface area contributed by atoms with Gasteiger partial charge >= 0.3 is 0 Å². The van der Waals surface area contributed by atoms with Gasteiger partial charge in [0.1, 0.15) is 22.3 Å². The third-order valence-corrected chi connectivity index (χ3v) is 22.9. The van der Waals surface area contributed by atoms with Gasteiger partial charge in [0.15, 0.2) is 0 Å². The molecular weight excluding hydrogens is 1400 g/mol. The second kappa shape index (κ2) is 28.9. The standard InChI is InChI=1S/C51H33NO.C27H17Br.C24H19NO.C2H6.CH4/c1-3-12-34(13-4-1)35-26-28-40(29-27-35)52(42-30-31-44-43-20-7-8-23-47(43)53-48(44)33-42)41-19-11-18-39(32-41)51(38-16-5-2-6-17-38)45-21-9-14-36-24-25-37-15-10-22-46(51)50(37)49(36)45;28-22-12-6-11-21(17-22)27(20-9-2-1-3-10-20)23-13-4-7-18-15-16-19-8-5-14-24(27)26(19)25(18)23;1-2-6-17(7-3-1)18-10-12-19(13-11-18)25-20-14-15-22-21-8-4-5-9-23(21)26-24(22)16-20;1-2;/h1-33H;1-17H;1-10,12-16,18,25H,11H2;1-2H3;1H4. The van der Waals surface area contributed by atoms with Gasteiger partial charge in [0.05, 0.1) is 10.8 Å². The molecule has 2 aromatic heterocycles. The highest BCUT2D eigenvalue weighted by molar-refractivity contribution is 9.10. The topological polar surface area (TPSA) is 41.6 Å². The van der Waals surface area contributed by atoms with Gasteiger partial charge in [0.25, 0.3) is 0 Å². The normalized spacial score (nSPS) is 13.9. The van der Waals surface area contributed by atoms with E-state index in [0.29, 0.717) is 5.92 Å². The molecule has 0 radical (unpaired) electrons. The van der Waals surface area contributed by atoms with Gasteiger partial charge in [0.2, 0.25) is 0 Å². The summed E-state index contributed by atoms with van der Waals surface area (Å²) >= 11 is 3.71. The number of hydrogen-bond acceptors (Lipinski definition) is 4. The SMILES string of the molecule is Brc1cccc(C2(c3ccccc3)c3cccc4ccc5cccc2c5c34)c1.C.C1=CC(c2ccccc2)CC=C1Nc1ccc2c(c1)oc1ccccc12.CC.c1ccc(-c2ccc(N(c3cccc(C4(c5ccccc5)c5cccc6ccc7cccc4c7c56)c3)c3ccc4c(c3)oc3ccccc34)cc2)cc1. The van der Waals surface area contributed by atoms with Crippen LogP contribution in [-0.4, -0.2) is 0 Å². The molecule has 0 spiro atoms. The molecule has 0 aliphatic heterocycles. The molecule has 1 atom stereocenters. The minimum Gasteiger partial charge on any atom is -0.456 e. The van der Waals surface area contributed by atoms with Gasteiger partial charge in [-0.05, 0) is 190 Å². The van der Waals surface area contributed by atoms with Crippen molar-refractivity contribution in [2.45, 2.75) is 44.4 Å². The first-order valence-corrected chi connectivity index (χ1v) is 38.6. The smallest absolute Gasteiger partial charge is 0.137 e. The van der Waals surface area contributed by atoms with Crippen molar-refractivity contribution in [2.75, 3.05) is 10.2 Å². The van der Waals surface area contributed by atoms with Gasteiger partial charge in [-0.25, -0.2) is 0 Å². The van der Waals surface area contributed by atoms with Gasteiger partial charge in [0, 0.05) is 72.5 Å². The zero-order chi connectivity index (χ0) is 73.0. The quantitative estimate of drug-likeness (QED) is 0.131. The second-order valence-electron chi connectivity index (χ2n) is 28.3. The van der Waals surface area contributed by atoms with Crippen LogP contribution in [0.15, 0.2) is 413 Å². The molecular formula is C105H79BrN2O2. The molecule has 1 N–H and O–H groups in total. The van der Waals surface area contributed by atoms with Crippen LogP contribution in [0.25, 0.3) is 98.1 Å². The van der Waals surface area contributed by atoms with Crippen LogP contribution in [0.2, 0.25) is 0 Å². The van der Waals surface area contributed by atoms with E-state index in [1.165, 1.54) is 104 Å². The number of hydrogen-bond donors (Lipinski definition) is 1. The van der Waals surface area contributed by atoms with Crippen LogP contribution >= 0.6 is 15.9 Å². The summed E-state index contributed by atoms with van der Waals surface area (Å²) < 4.78 is 13.5. The van der Waals surface area contributed by atoms with Crippen molar-refractivity contribution in [1.29, 1.82) is 0 Å². The monoisotopic (exact) mass is 1480 g/mol. The van der Waals surface area contributed by atoms with E-state index >= 15 is 0 Å². The molecule has 0 fully saturated rings. The number of anilines is 4. The maximum absolute atomic E-state index is 6.44. The van der Waals surface area contributed by atoms with Crippen LogP contribution in [0.3, 0.4) is 0 Å². The Labute approximate surface area is 650 Å². The van der Waals surface area contributed by atoms with Crippen molar-refractivity contribution in [1.82, 2.24) is 0 Å². The lowest BCUT2D eigenvalue weighted by Gasteiger charge is -2.35. The van der Waals surface area contributed by atoms with Crippen LogP contribution in [0.5, 0.6) is 0 Å². The fourth-order valence-electron chi connectivity index (χ4n) is 17.8. The minimum absolute atomic E-state index is 0. The molecule has 3 aliphatic rings. The van der Waals surface area contributed by atoms with Gasteiger partial charge in [-0.3, -0.25) is 0 Å². The molecule has 4 nitrogen and oxygen atoms in total. The van der Waals surface area contributed by atoms with E-state index in [9.17, 15) is 0 Å². The van der Waals surface area contributed by atoms with Crippen LogP contribution in [-0.2, 0) is 10.8 Å². The number of rotatable bonds is 11. The Morgan fingerprint density at radius 1 is 0.336 bits per heavy atom. The van der Waals surface area contributed by atoms with Gasteiger partial charge in [-0.2, -0.15) is 0 Å². The number of nitrogens with one attached hydrogen (secondary N) is 1. The van der Waals surface area contributed by atoms with Crippen LogP contribution in [0.4, 0.5) is 22.7 Å². The molecule has 17 aromatic carbocycles. The summed E-state index contributed by atoms with van der Waals surface area (Å²) in [6, 6.07) is 136. The maximum atomic E-state index is 6.44. The molecule has 1 unspecified atom stereocenters. The highest BCUT2D eigenvalue weighted by Gasteiger charge is 2.47. The van der Waals surface area contributed by atoms with E-state index in [2.05, 4.69) is 390 Å². The first-order valence-electron chi connectivity index (χ1n) is 37.8. The number of nitrogens with zero attached hydrogens (tertiary/aromatic N) is 1. The molecule has 3 aliphatic carbocycles. The molecule has 0 bridgehead atoms. The first-order chi connectivity index (χ1) is 53.9. The summed E-state index contributed by atoms with van der Waals surface area (Å²) in [5.41, 5.74) is 22.4. The van der Waals surface area contributed by atoms with Crippen molar-refractivity contribution in [3.8, 4) is 11.1 Å². The Balaban J connectivity index is 0.000000125. The molecule has 0 saturated carbocycles. The van der Waals surface area contributed by atoms with E-state index in [0.717, 1.165) is 83.2 Å². The third-order valence-electron chi connectivity index (χ3n) is 22.4. The molecule has 2 heterocycles. The van der Waals surface area contributed by atoms with Crippen molar-refractivity contribution >= 4 is 126 Å². The number of benzene rings is 17. The molecule has 0 saturated heterocycles. The van der Waals surface area contributed by atoms with E-state index in [1.54, 1.807) is 0 Å². The van der Waals surface area contributed by atoms with E-state index in [-0.39, 0.29) is 12.8 Å². The predicted molar refractivity (Wildman–Crippen MR) is 468 cm³/mol. The Morgan fingerprint density at radius 3 is 1.25 bits per heavy atom. The van der Waals surface area contributed by atoms with Gasteiger partial charge in [-0.1, -0.05) is 341 Å². The van der Waals surface area contributed by atoms with E-state index < -0.39 is 5.41 Å². The van der Waals surface area contributed by atoms with Gasteiger partial charge < -0.3 is 19.1 Å². The Morgan fingerprint density at radius 2 is 0.745 bits per heavy atom. The van der Waals surface area contributed by atoms with Crippen LogP contribution < -0.4 is 10.2 Å². The Hall–Kier alpha value is -13.1. The molecule has 5 heteroatoms. The lowest BCUT2D eigenvalue weighted by molar-refractivity contribution is 0.668. The highest BCUT2D eigenvalue weighted by atomic mass is 79.9. The molecule has 110 heavy (non-hydrogen) atoms. The lowest BCUT2D eigenvalue weighted by atomic mass is 9.67. The zero-order valence-electron chi connectivity index (χ0n) is 60.5. The predicted octanol–water partition coefficient (Wildman–Crippen LogP) is 29.5. The fraction of sp³-hybridized carbons (Fsp3) is 0.0667. The number of halogens is 1. The Bertz CT molecular complexity index is 6590. The number of furan rings is 2. The van der Waals surface area contributed by atoms with Crippen molar-refractivity contribution in [3.63, 3.8) is 0 Å². The third kappa shape index (κ3) is 11.6. The van der Waals surface area contributed by atoms with Crippen molar-refractivity contribution in [2.24, 2.45) is 0 Å². The van der Waals surface area contributed by atoms with Crippen molar-refractivity contribution < 1.29 is 8.83 Å². The maximum Gasteiger partial charge on any atom is 0.137 e. The van der Waals surface area contributed by atoms with E-state index in [1.807, 2.05) is 44.2 Å². The van der Waals surface area contributed by atoms with E-state index in [4.69, 9.17) is 8.83 Å². The molecule has 22 rings (SSSR count).